The smallest absolute Gasteiger partial charge is 0.150 e. The van der Waals surface area contributed by atoms with Gasteiger partial charge in [0.05, 0.1) is 7.11 Å². The van der Waals surface area contributed by atoms with E-state index < -0.39 is 0 Å². The van der Waals surface area contributed by atoms with Crippen molar-refractivity contribution in [2.45, 2.75) is 19.8 Å². The molecule has 0 saturated carbocycles. The molecule has 0 aromatic carbocycles. The summed E-state index contributed by atoms with van der Waals surface area (Å²) in [4.78, 5) is 3.85. The molecule has 59 valence electrons. The van der Waals surface area contributed by atoms with Gasteiger partial charge in [0.15, 0.2) is 0 Å². The Labute approximate surface area is 67.2 Å². The number of ether oxygens (including phenoxy) is 1. The first-order valence-electron chi connectivity index (χ1n) is 3.66. The van der Waals surface area contributed by atoms with Crippen molar-refractivity contribution >= 4 is 0 Å². The van der Waals surface area contributed by atoms with Crippen molar-refractivity contribution < 1.29 is 4.74 Å². The average molecular weight is 150 g/mol. The van der Waals surface area contributed by atoms with Gasteiger partial charge in [0.25, 0.3) is 0 Å². The minimum absolute atomic E-state index is 0.462. The molecule has 0 fully saturated rings. The highest BCUT2D eigenvalue weighted by Gasteiger charge is 2.05. The maximum atomic E-state index is 5.09. The molecule has 0 aliphatic heterocycles. The van der Waals surface area contributed by atoms with Gasteiger partial charge in [-0.25, -0.2) is 0 Å². The monoisotopic (exact) mass is 150 g/mol. The van der Waals surface area contributed by atoms with Gasteiger partial charge in [-0.05, 0) is 12.0 Å². The molecular weight excluding hydrogens is 138 g/mol. The van der Waals surface area contributed by atoms with Crippen molar-refractivity contribution in [1.82, 2.24) is 4.98 Å². The highest BCUT2D eigenvalue weighted by Crippen LogP contribution is 2.23. The molecule has 2 heteroatoms. The fourth-order valence-electron chi connectivity index (χ4n) is 0.972. The summed E-state index contributed by atoms with van der Waals surface area (Å²) in [5.41, 5.74) is 1.16. The molecule has 0 aliphatic carbocycles. The van der Waals surface area contributed by atoms with Crippen LogP contribution in [0.5, 0.6) is 5.75 Å². The Kier molecular flexibility index (Phi) is 2.47. The second kappa shape index (κ2) is 3.37. The van der Waals surface area contributed by atoms with E-state index in [9.17, 15) is 0 Å². The van der Waals surface area contributed by atoms with E-state index in [1.807, 2.05) is 6.07 Å². The van der Waals surface area contributed by atoms with Crippen molar-refractivity contribution in [3.05, 3.63) is 24.0 Å². The third-order valence-corrected chi connectivity index (χ3v) is 1.58. The molecule has 11 heavy (non-hydrogen) atoms. The molecule has 2 nitrogen and oxygen atoms in total. The van der Waals surface area contributed by atoms with E-state index in [2.05, 4.69) is 25.0 Å². The highest BCUT2D eigenvalue weighted by atomic mass is 16.5. The number of hydrogen-bond donors (Lipinski definition) is 0. The van der Waals surface area contributed by atoms with Crippen LogP contribution in [0.4, 0.5) is 0 Å². The number of pyridine rings is 1. The first kappa shape index (κ1) is 8.05. The minimum atomic E-state index is 0.462. The molecule has 0 amide bonds. The molecule has 1 radical (unpaired) electrons. The topological polar surface area (TPSA) is 22.1 Å². The minimum Gasteiger partial charge on any atom is -0.494 e. The van der Waals surface area contributed by atoms with Crippen LogP contribution in [0, 0.1) is 6.20 Å². The molecule has 1 rings (SSSR count). The van der Waals surface area contributed by atoms with E-state index in [4.69, 9.17) is 4.74 Å². The van der Waals surface area contributed by atoms with Gasteiger partial charge >= 0.3 is 0 Å². The van der Waals surface area contributed by atoms with Gasteiger partial charge in [-0.15, -0.1) is 0 Å². The van der Waals surface area contributed by atoms with Crippen molar-refractivity contribution in [3.8, 4) is 5.75 Å². The van der Waals surface area contributed by atoms with Crippen molar-refractivity contribution in [2.24, 2.45) is 0 Å². The third-order valence-electron chi connectivity index (χ3n) is 1.58. The summed E-state index contributed by atoms with van der Waals surface area (Å²) in [6, 6.07) is 1.96. The molecule has 1 heterocycles. The van der Waals surface area contributed by atoms with E-state index in [0.717, 1.165) is 11.3 Å². The summed E-state index contributed by atoms with van der Waals surface area (Å²) in [5, 5.41) is 0. The predicted molar refractivity (Wildman–Crippen MR) is 43.7 cm³/mol. The number of nitrogens with zero attached hydrogens (tertiary/aromatic N) is 1. The molecule has 0 aliphatic rings. The van der Waals surface area contributed by atoms with Crippen molar-refractivity contribution in [2.75, 3.05) is 7.11 Å². The van der Waals surface area contributed by atoms with Crippen LogP contribution in [-0.4, -0.2) is 12.1 Å². The van der Waals surface area contributed by atoms with Crippen molar-refractivity contribution in [3.63, 3.8) is 0 Å². The Morgan fingerprint density at radius 3 is 2.73 bits per heavy atom. The molecule has 1 aromatic rings. The molecule has 0 N–H and O–H groups in total. The molecule has 0 spiro atoms. The number of hydrogen-bond acceptors (Lipinski definition) is 2. The van der Waals surface area contributed by atoms with Gasteiger partial charge in [0, 0.05) is 11.8 Å². The van der Waals surface area contributed by atoms with Crippen LogP contribution < -0.4 is 4.74 Å². The standard InChI is InChI=1S/C9H12NO/c1-7(2)8-4-5-10-6-9(8)11-3/h4-5,7H,1-3H3. The molecule has 0 atom stereocenters. The second-order valence-electron chi connectivity index (χ2n) is 2.70. The predicted octanol–water partition coefficient (Wildman–Crippen LogP) is 2.01. The van der Waals surface area contributed by atoms with Crippen LogP contribution in [0.1, 0.15) is 25.3 Å². The number of rotatable bonds is 2. The number of methoxy groups -OCH3 is 1. The van der Waals surface area contributed by atoms with Gasteiger partial charge in [-0.1, -0.05) is 13.8 Å². The average Bonchev–Trinajstić information content (AvgIpc) is 2.04. The molecule has 0 unspecified atom stereocenters. The summed E-state index contributed by atoms with van der Waals surface area (Å²) in [5.74, 6) is 1.21. The Morgan fingerprint density at radius 1 is 1.55 bits per heavy atom. The van der Waals surface area contributed by atoms with Crippen LogP contribution in [0.15, 0.2) is 12.3 Å². The zero-order valence-electron chi connectivity index (χ0n) is 7.09. The Bertz CT molecular complexity index is 233. The highest BCUT2D eigenvalue weighted by molar-refractivity contribution is 5.31. The van der Waals surface area contributed by atoms with Gasteiger partial charge in [-0.3, -0.25) is 4.98 Å². The van der Waals surface area contributed by atoms with E-state index in [1.165, 1.54) is 0 Å². The lowest BCUT2D eigenvalue weighted by Gasteiger charge is -2.08. The SMILES string of the molecule is COc1[c]nccc1C(C)C. The zero-order chi connectivity index (χ0) is 8.27. The Morgan fingerprint density at radius 2 is 2.27 bits per heavy atom. The summed E-state index contributed by atoms with van der Waals surface area (Å²) in [7, 11) is 1.64. The van der Waals surface area contributed by atoms with Crippen molar-refractivity contribution in [1.29, 1.82) is 0 Å². The molecule has 0 saturated heterocycles. The first-order valence-corrected chi connectivity index (χ1v) is 3.66. The second-order valence-corrected chi connectivity index (χ2v) is 2.70. The zero-order valence-corrected chi connectivity index (χ0v) is 7.09. The van der Waals surface area contributed by atoms with Crippen LogP contribution in [0.3, 0.4) is 0 Å². The fourth-order valence-corrected chi connectivity index (χ4v) is 0.972. The Hall–Kier alpha value is -1.05. The van der Waals surface area contributed by atoms with Crippen LogP contribution in [0.2, 0.25) is 0 Å². The van der Waals surface area contributed by atoms with E-state index in [-0.39, 0.29) is 0 Å². The van der Waals surface area contributed by atoms with Crippen LogP contribution >= 0.6 is 0 Å². The molecule has 0 bridgehead atoms. The molecule has 1 aromatic heterocycles. The normalized spacial score (nSPS) is 10.2. The lowest BCUT2D eigenvalue weighted by Crippen LogP contribution is -1.94. The largest absolute Gasteiger partial charge is 0.494 e. The van der Waals surface area contributed by atoms with Crippen LogP contribution in [0.25, 0.3) is 0 Å². The number of aromatic nitrogens is 1. The van der Waals surface area contributed by atoms with E-state index in [0.29, 0.717) is 5.92 Å². The van der Waals surface area contributed by atoms with E-state index >= 15 is 0 Å². The quantitative estimate of drug-likeness (QED) is 0.643. The van der Waals surface area contributed by atoms with E-state index in [1.54, 1.807) is 13.3 Å². The molecular formula is C9H12NO. The summed E-state index contributed by atoms with van der Waals surface area (Å²) in [6.07, 6.45) is 4.53. The third kappa shape index (κ3) is 1.70. The lowest BCUT2D eigenvalue weighted by molar-refractivity contribution is 0.404. The summed E-state index contributed by atoms with van der Waals surface area (Å²) < 4.78 is 5.09. The first-order chi connectivity index (χ1) is 5.25. The van der Waals surface area contributed by atoms with Gasteiger partial charge in [-0.2, -0.15) is 0 Å². The lowest BCUT2D eigenvalue weighted by atomic mass is 10.0. The maximum Gasteiger partial charge on any atom is 0.150 e. The van der Waals surface area contributed by atoms with Gasteiger partial charge in [0.2, 0.25) is 0 Å². The summed E-state index contributed by atoms with van der Waals surface area (Å²) >= 11 is 0. The maximum absolute atomic E-state index is 5.09. The Balaban J connectivity index is 3.02. The van der Waals surface area contributed by atoms with Gasteiger partial charge in [0.1, 0.15) is 11.9 Å². The summed E-state index contributed by atoms with van der Waals surface area (Å²) in [6.45, 7) is 4.23. The van der Waals surface area contributed by atoms with Crippen LogP contribution in [-0.2, 0) is 0 Å². The van der Waals surface area contributed by atoms with Gasteiger partial charge < -0.3 is 4.74 Å². The fraction of sp³-hybridized carbons (Fsp3) is 0.444.